The molecule has 3 nitrogen and oxygen atoms in total. The summed E-state index contributed by atoms with van der Waals surface area (Å²) in [5, 5.41) is 2.13. The highest BCUT2D eigenvalue weighted by atomic mass is 35.5. The van der Waals surface area contributed by atoms with Gasteiger partial charge in [-0.2, -0.15) is 0 Å². The van der Waals surface area contributed by atoms with Crippen LogP contribution < -0.4 is 0 Å². The lowest BCUT2D eigenvalue weighted by atomic mass is 9.89. The largest absolute Gasteiger partial charge is 0.316 e. The highest BCUT2D eigenvalue weighted by Gasteiger charge is 2.25. The molecule has 0 N–H and O–H groups in total. The lowest BCUT2D eigenvalue weighted by Gasteiger charge is -2.27. The van der Waals surface area contributed by atoms with Crippen molar-refractivity contribution in [3.63, 3.8) is 0 Å². The zero-order valence-corrected chi connectivity index (χ0v) is 17.6. The third-order valence-electron chi connectivity index (χ3n) is 6.36. The van der Waals surface area contributed by atoms with E-state index in [-0.39, 0.29) is 0 Å². The van der Waals surface area contributed by atoms with Crippen LogP contribution in [0.2, 0.25) is 5.02 Å². The van der Waals surface area contributed by atoms with Crippen molar-refractivity contribution < 1.29 is 0 Å². The van der Waals surface area contributed by atoms with Gasteiger partial charge in [0, 0.05) is 51.8 Å². The second-order valence-electron chi connectivity index (χ2n) is 8.27. The van der Waals surface area contributed by atoms with E-state index in [2.05, 4.69) is 54.6 Å². The number of hydrogen-bond acceptors (Lipinski definition) is 2. The molecule has 1 aromatic carbocycles. The summed E-state index contributed by atoms with van der Waals surface area (Å²) in [6.07, 6.45) is 4.44. The van der Waals surface area contributed by atoms with Gasteiger partial charge in [-0.25, -0.2) is 0 Å². The maximum Gasteiger partial charge on any atom is 0.0532 e. The molecule has 28 heavy (non-hydrogen) atoms. The topological polar surface area (TPSA) is 21.1 Å². The Labute approximate surface area is 171 Å². The molecule has 0 fully saturated rings. The lowest BCUT2D eigenvalue weighted by Crippen LogP contribution is -2.27. The number of hydrogen-bond donors (Lipinski definition) is 0. The molecule has 0 amide bonds. The van der Waals surface area contributed by atoms with E-state index < -0.39 is 0 Å². The van der Waals surface area contributed by atoms with Gasteiger partial charge in [0.05, 0.1) is 5.52 Å². The summed E-state index contributed by atoms with van der Waals surface area (Å²) < 4.78 is 2.50. The monoisotopic (exact) mass is 391 g/mol. The minimum absolute atomic E-state index is 0.819. The third kappa shape index (κ3) is 2.80. The summed E-state index contributed by atoms with van der Waals surface area (Å²) in [6, 6.07) is 10.8. The van der Waals surface area contributed by atoms with Crippen LogP contribution in [0.15, 0.2) is 30.3 Å². The van der Waals surface area contributed by atoms with Gasteiger partial charge in [-0.1, -0.05) is 17.7 Å². The van der Waals surface area contributed by atoms with Crippen LogP contribution >= 0.6 is 11.6 Å². The maximum absolute atomic E-state index is 6.37. The second-order valence-corrected chi connectivity index (χ2v) is 8.71. The van der Waals surface area contributed by atoms with E-state index in [1.165, 1.54) is 51.1 Å². The Hall–Kier alpha value is -2.10. The van der Waals surface area contributed by atoms with Crippen molar-refractivity contribution in [3.05, 3.63) is 63.6 Å². The number of pyridine rings is 1. The molecule has 4 heteroatoms. The summed E-state index contributed by atoms with van der Waals surface area (Å²) in [5.41, 5.74) is 10.7. The number of rotatable bonds is 1. The predicted molar refractivity (Wildman–Crippen MR) is 118 cm³/mol. The number of allylic oxidation sites excluding steroid dienone is 2. The number of aromatic nitrogens is 2. The number of benzene rings is 1. The number of aryl methyl sites for hydroxylation is 2. The predicted octanol–water partition coefficient (Wildman–Crippen LogP) is 5.71. The van der Waals surface area contributed by atoms with E-state index in [1.807, 2.05) is 6.07 Å². The number of likely N-dealkylation sites (N-methyl/N-ethyl adjacent to an activating group) is 1. The Balaban J connectivity index is 1.79. The molecule has 5 rings (SSSR count). The normalized spacial score (nSPS) is 18.9. The summed E-state index contributed by atoms with van der Waals surface area (Å²) in [5.74, 6) is 0. The standard InChI is InChI=1S/C24H26ClN3/c1-15-7-9-19-18(5-4-6-22(19)26-15)16(2)28-23-10-8-17(25)13-21(23)20-11-12-27(3)14-24(20)28/h7-10,13H,4-6,11-12,14H2,1-3H3. The van der Waals surface area contributed by atoms with Gasteiger partial charge < -0.3 is 9.47 Å². The Bertz CT molecular complexity index is 1120. The molecule has 2 aliphatic rings. The van der Waals surface area contributed by atoms with Crippen LogP contribution in [0.25, 0.3) is 22.2 Å². The fourth-order valence-corrected chi connectivity index (χ4v) is 5.17. The van der Waals surface area contributed by atoms with Crippen molar-refractivity contribution in [2.75, 3.05) is 13.6 Å². The molecule has 1 aliphatic heterocycles. The van der Waals surface area contributed by atoms with Crippen molar-refractivity contribution >= 4 is 33.8 Å². The van der Waals surface area contributed by atoms with Gasteiger partial charge in [-0.15, -0.1) is 0 Å². The third-order valence-corrected chi connectivity index (χ3v) is 6.59. The smallest absolute Gasteiger partial charge is 0.0532 e. The highest BCUT2D eigenvalue weighted by Crippen LogP contribution is 2.39. The van der Waals surface area contributed by atoms with Crippen molar-refractivity contribution in [2.45, 2.75) is 46.1 Å². The Morgan fingerprint density at radius 2 is 1.96 bits per heavy atom. The van der Waals surface area contributed by atoms with E-state index in [0.29, 0.717) is 0 Å². The fourth-order valence-electron chi connectivity index (χ4n) is 5.00. The van der Waals surface area contributed by atoms with Gasteiger partial charge in [0.25, 0.3) is 0 Å². The van der Waals surface area contributed by atoms with Gasteiger partial charge in [-0.05, 0) is 82.0 Å². The fraction of sp³-hybridized carbons (Fsp3) is 0.375. The molecule has 0 bridgehead atoms. The van der Waals surface area contributed by atoms with Crippen molar-refractivity contribution in [1.82, 2.24) is 14.5 Å². The molecule has 0 spiro atoms. The molecule has 0 radical (unpaired) electrons. The van der Waals surface area contributed by atoms with Crippen LogP contribution in [0, 0.1) is 6.92 Å². The molecule has 0 unspecified atom stereocenters. The molecule has 0 saturated carbocycles. The van der Waals surface area contributed by atoms with Crippen LogP contribution in [0.5, 0.6) is 0 Å². The number of halogens is 1. The highest BCUT2D eigenvalue weighted by molar-refractivity contribution is 6.31. The number of nitrogens with zero attached hydrogens (tertiary/aromatic N) is 3. The van der Waals surface area contributed by atoms with Gasteiger partial charge in [0.2, 0.25) is 0 Å². The lowest BCUT2D eigenvalue weighted by molar-refractivity contribution is 0.307. The zero-order valence-electron chi connectivity index (χ0n) is 16.8. The first-order chi connectivity index (χ1) is 13.5. The molecule has 1 aliphatic carbocycles. The summed E-state index contributed by atoms with van der Waals surface area (Å²) in [6.45, 7) is 6.44. The van der Waals surface area contributed by atoms with E-state index in [1.54, 1.807) is 0 Å². The first-order valence-corrected chi connectivity index (χ1v) is 10.6. The first-order valence-electron chi connectivity index (χ1n) is 10.2. The van der Waals surface area contributed by atoms with E-state index in [9.17, 15) is 0 Å². The molecule has 3 heterocycles. The van der Waals surface area contributed by atoms with Gasteiger partial charge in [0.1, 0.15) is 0 Å². The second kappa shape index (κ2) is 6.75. The molecule has 144 valence electrons. The Morgan fingerprint density at radius 1 is 1.11 bits per heavy atom. The Morgan fingerprint density at radius 3 is 2.82 bits per heavy atom. The van der Waals surface area contributed by atoms with Crippen LogP contribution in [0.1, 0.15) is 48.0 Å². The van der Waals surface area contributed by atoms with Crippen LogP contribution in [0.4, 0.5) is 0 Å². The quantitative estimate of drug-likeness (QED) is 0.529. The van der Waals surface area contributed by atoms with Crippen molar-refractivity contribution in [3.8, 4) is 0 Å². The molecular weight excluding hydrogens is 366 g/mol. The van der Waals surface area contributed by atoms with E-state index in [4.69, 9.17) is 16.6 Å². The maximum atomic E-state index is 6.37. The average molecular weight is 392 g/mol. The number of fused-ring (bicyclic) bond motifs is 4. The summed E-state index contributed by atoms with van der Waals surface area (Å²) in [7, 11) is 2.21. The average Bonchev–Trinajstić information content (AvgIpc) is 2.99. The van der Waals surface area contributed by atoms with E-state index in [0.717, 1.165) is 43.1 Å². The zero-order chi connectivity index (χ0) is 19.4. The molecular formula is C24H26ClN3. The van der Waals surface area contributed by atoms with Crippen molar-refractivity contribution in [2.24, 2.45) is 0 Å². The minimum Gasteiger partial charge on any atom is -0.316 e. The molecule has 3 aromatic rings. The van der Waals surface area contributed by atoms with Crippen LogP contribution in [-0.4, -0.2) is 28.0 Å². The molecule has 0 atom stereocenters. The van der Waals surface area contributed by atoms with Crippen LogP contribution in [0.3, 0.4) is 0 Å². The Kier molecular flexibility index (Phi) is 4.33. The van der Waals surface area contributed by atoms with Crippen molar-refractivity contribution in [1.29, 1.82) is 0 Å². The summed E-state index contributed by atoms with van der Waals surface area (Å²) >= 11 is 6.37. The minimum atomic E-state index is 0.819. The van der Waals surface area contributed by atoms with Gasteiger partial charge in [0.15, 0.2) is 0 Å². The first kappa shape index (κ1) is 18.0. The summed E-state index contributed by atoms with van der Waals surface area (Å²) in [4.78, 5) is 7.25. The molecule has 0 saturated heterocycles. The van der Waals surface area contributed by atoms with Gasteiger partial charge >= 0.3 is 0 Å². The van der Waals surface area contributed by atoms with E-state index >= 15 is 0 Å². The molecule has 2 aromatic heterocycles. The SMILES string of the molecule is CC(=C1CCCc2nc(C)ccc21)n1c2c(c3cc(Cl)ccc31)CCN(C)C2. The van der Waals surface area contributed by atoms with Crippen LogP contribution in [-0.2, 0) is 19.4 Å². The van der Waals surface area contributed by atoms with Gasteiger partial charge in [-0.3, -0.25) is 4.98 Å².